The fourth-order valence-electron chi connectivity index (χ4n) is 4.25. The Morgan fingerprint density at radius 1 is 0.951 bits per heavy atom. The molecule has 1 N–H and O–H groups in total. The van der Waals surface area contributed by atoms with E-state index in [9.17, 15) is 18.0 Å². The lowest BCUT2D eigenvalue weighted by atomic mass is 10.1. The van der Waals surface area contributed by atoms with E-state index in [0.29, 0.717) is 35.1 Å². The Hall–Kier alpha value is -3.56. The van der Waals surface area contributed by atoms with Crippen LogP contribution in [0.1, 0.15) is 45.2 Å². The number of hydrogen-bond acceptors (Lipinski definition) is 5. The zero-order valence-electron chi connectivity index (χ0n) is 24.1. The fourth-order valence-corrected chi connectivity index (χ4v) is 5.29. The summed E-state index contributed by atoms with van der Waals surface area (Å²) in [5.74, 6) is -0.301. The molecule has 0 spiro atoms. The first kappa shape index (κ1) is 32.0. The molecule has 1 atom stereocenters. The molecule has 0 heterocycles. The van der Waals surface area contributed by atoms with Crippen LogP contribution >= 0.6 is 11.6 Å². The van der Waals surface area contributed by atoms with Crippen molar-refractivity contribution in [3.63, 3.8) is 0 Å². The van der Waals surface area contributed by atoms with Crippen LogP contribution < -0.4 is 14.4 Å². The van der Waals surface area contributed by atoms with Gasteiger partial charge in [-0.2, -0.15) is 0 Å². The second kappa shape index (κ2) is 13.9. The highest BCUT2D eigenvalue weighted by Crippen LogP contribution is 2.25. The Labute approximate surface area is 248 Å². The highest BCUT2D eigenvalue weighted by Gasteiger charge is 2.33. The van der Waals surface area contributed by atoms with Gasteiger partial charge in [-0.05, 0) is 68.7 Å². The van der Waals surface area contributed by atoms with E-state index in [4.69, 9.17) is 16.3 Å². The minimum Gasteiger partial charge on any atom is -0.489 e. The van der Waals surface area contributed by atoms with Gasteiger partial charge in [0.25, 0.3) is 0 Å². The largest absolute Gasteiger partial charge is 0.489 e. The highest BCUT2D eigenvalue weighted by atomic mass is 35.5. The normalized spacial score (nSPS) is 12.3. The van der Waals surface area contributed by atoms with E-state index in [-0.39, 0.29) is 12.5 Å². The van der Waals surface area contributed by atoms with E-state index in [0.717, 1.165) is 16.1 Å². The first-order valence-corrected chi connectivity index (χ1v) is 15.6. The van der Waals surface area contributed by atoms with Crippen molar-refractivity contribution in [3.05, 3.63) is 95.0 Å². The number of benzene rings is 3. The molecule has 3 aromatic carbocycles. The second-order valence-corrected chi connectivity index (χ2v) is 13.1. The second-order valence-electron chi connectivity index (χ2n) is 10.8. The summed E-state index contributed by atoms with van der Waals surface area (Å²) < 4.78 is 32.6. The molecule has 220 valence electrons. The SMILES string of the molecule is CC[C@@H](C(=O)NC(C)(C)C)N(Cc1ccccc1Cl)C(=O)CN(c1ccc(OCc2ccccc2)cc1)S(C)(=O)=O. The van der Waals surface area contributed by atoms with Gasteiger partial charge in [0.15, 0.2) is 0 Å². The lowest BCUT2D eigenvalue weighted by Gasteiger charge is -2.34. The molecule has 3 aromatic rings. The van der Waals surface area contributed by atoms with Crippen LogP contribution in [0.15, 0.2) is 78.9 Å². The maximum Gasteiger partial charge on any atom is 0.244 e. The van der Waals surface area contributed by atoms with E-state index in [1.807, 2.05) is 58.0 Å². The van der Waals surface area contributed by atoms with Crippen LogP contribution in [0.3, 0.4) is 0 Å². The number of ether oxygens (including phenoxy) is 1. The smallest absolute Gasteiger partial charge is 0.244 e. The molecule has 0 radical (unpaired) electrons. The van der Waals surface area contributed by atoms with Crippen molar-refractivity contribution >= 4 is 39.1 Å². The Morgan fingerprint density at radius 2 is 1.56 bits per heavy atom. The standard InChI is InChI=1S/C31H38ClN3O5S/c1-6-28(30(37)33-31(2,3)4)34(20-24-14-10-11-15-27(24)32)29(36)21-35(41(5,38)39)25-16-18-26(19-17-25)40-22-23-12-8-7-9-13-23/h7-19,28H,6,20-22H2,1-5H3,(H,33,37)/t28-/m0/s1. The van der Waals surface area contributed by atoms with E-state index in [1.165, 1.54) is 4.90 Å². The first-order valence-electron chi connectivity index (χ1n) is 13.4. The summed E-state index contributed by atoms with van der Waals surface area (Å²) in [4.78, 5) is 28.5. The molecular weight excluding hydrogens is 562 g/mol. The van der Waals surface area contributed by atoms with Crippen molar-refractivity contribution in [1.29, 1.82) is 0 Å². The molecule has 0 aliphatic carbocycles. The van der Waals surface area contributed by atoms with Crippen LogP contribution in [-0.2, 0) is 32.8 Å². The number of hydrogen-bond donors (Lipinski definition) is 1. The van der Waals surface area contributed by atoms with Crippen LogP contribution in [-0.4, -0.2) is 49.5 Å². The molecule has 41 heavy (non-hydrogen) atoms. The van der Waals surface area contributed by atoms with Gasteiger partial charge in [0.2, 0.25) is 21.8 Å². The monoisotopic (exact) mass is 599 g/mol. The lowest BCUT2D eigenvalue weighted by Crippen LogP contribution is -2.55. The van der Waals surface area contributed by atoms with Gasteiger partial charge in [0.05, 0.1) is 11.9 Å². The number of nitrogens with zero attached hydrogens (tertiary/aromatic N) is 2. The molecule has 0 aliphatic heterocycles. The number of carbonyl (C=O) groups is 2. The van der Waals surface area contributed by atoms with E-state index >= 15 is 0 Å². The van der Waals surface area contributed by atoms with Gasteiger partial charge in [-0.15, -0.1) is 0 Å². The van der Waals surface area contributed by atoms with Crippen molar-refractivity contribution in [1.82, 2.24) is 10.2 Å². The molecule has 8 nitrogen and oxygen atoms in total. The summed E-state index contributed by atoms with van der Waals surface area (Å²) in [6.45, 7) is 7.29. The first-order chi connectivity index (χ1) is 19.3. The molecule has 10 heteroatoms. The molecule has 0 aromatic heterocycles. The van der Waals surface area contributed by atoms with Crippen molar-refractivity contribution in [2.24, 2.45) is 0 Å². The molecule has 0 unspecified atom stereocenters. The summed E-state index contributed by atoms with van der Waals surface area (Å²) in [6.07, 6.45) is 1.37. The number of carbonyl (C=O) groups excluding carboxylic acids is 2. The molecule has 0 saturated carbocycles. The van der Waals surface area contributed by atoms with E-state index in [2.05, 4.69) is 5.32 Å². The average molecular weight is 600 g/mol. The minimum atomic E-state index is -3.86. The van der Waals surface area contributed by atoms with Crippen molar-refractivity contribution in [3.8, 4) is 5.75 Å². The molecule has 2 amide bonds. The zero-order valence-corrected chi connectivity index (χ0v) is 25.7. The Bertz CT molecular complexity index is 1420. The van der Waals surface area contributed by atoms with Gasteiger partial charge in [-0.3, -0.25) is 13.9 Å². The van der Waals surface area contributed by atoms with Gasteiger partial charge >= 0.3 is 0 Å². The van der Waals surface area contributed by atoms with Crippen LogP contribution in [0.4, 0.5) is 5.69 Å². The van der Waals surface area contributed by atoms with Crippen LogP contribution in [0.2, 0.25) is 5.02 Å². The average Bonchev–Trinajstić information content (AvgIpc) is 2.90. The number of nitrogens with one attached hydrogen (secondary N) is 1. The number of anilines is 1. The predicted molar refractivity (Wildman–Crippen MR) is 163 cm³/mol. The maximum absolute atomic E-state index is 13.9. The quantitative estimate of drug-likeness (QED) is 0.300. The van der Waals surface area contributed by atoms with Crippen molar-refractivity contribution < 1.29 is 22.7 Å². The Kier molecular flexibility index (Phi) is 10.8. The summed E-state index contributed by atoms with van der Waals surface area (Å²) in [5.41, 5.74) is 1.43. The predicted octanol–water partition coefficient (Wildman–Crippen LogP) is 5.41. The molecule has 0 aliphatic rings. The molecule has 3 rings (SSSR count). The Balaban J connectivity index is 1.87. The van der Waals surface area contributed by atoms with Gasteiger partial charge in [0.1, 0.15) is 24.9 Å². The third kappa shape index (κ3) is 9.50. The summed E-state index contributed by atoms with van der Waals surface area (Å²) in [6, 6.07) is 22.4. The summed E-state index contributed by atoms with van der Waals surface area (Å²) in [7, 11) is -3.86. The highest BCUT2D eigenvalue weighted by molar-refractivity contribution is 7.92. The number of amides is 2. The number of rotatable bonds is 12. The number of halogens is 1. The molecular formula is C31H38ClN3O5S. The molecule has 0 saturated heterocycles. The molecule has 0 bridgehead atoms. The molecule has 0 fully saturated rings. The van der Waals surface area contributed by atoms with Gasteiger partial charge in [-0.1, -0.05) is 67.1 Å². The summed E-state index contributed by atoms with van der Waals surface area (Å²) >= 11 is 6.40. The van der Waals surface area contributed by atoms with Crippen LogP contribution in [0, 0.1) is 0 Å². The third-order valence-electron chi connectivity index (χ3n) is 6.23. The van der Waals surface area contributed by atoms with E-state index in [1.54, 1.807) is 48.5 Å². The third-order valence-corrected chi connectivity index (χ3v) is 7.74. The van der Waals surface area contributed by atoms with Gasteiger partial charge < -0.3 is 15.0 Å². The van der Waals surface area contributed by atoms with Crippen LogP contribution in [0.25, 0.3) is 0 Å². The van der Waals surface area contributed by atoms with E-state index < -0.39 is 34.1 Å². The maximum atomic E-state index is 13.9. The van der Waals surface area contributed by atoms with Crippen molar-refractivity contribution in [2.45, 2.75) is 58.8 Å². The number of sulfonamides is 1. The fraction of sp³-hybridized carbons (Fsp3) is 0.355. The lowest BCUT2D eigenvalue weighted by molar-refractivity contribution is -0.141. The van der Waals surface area contributed by atoms with Crippen LogP contribution in [0.5, 0.6) is 5.75 Å². The Morgan fingerprint density at radius 3 is 2.12 bits per heavy atom. The van der Waals surface area contributed by atoms with Gasteiger partial charge in [0, 0.05) is 17.1 Å². The van der Waals surface area contributed by atoms with Gasteiger partial charge in [-0.25, -0.2) is 8.42 Å². The van der Waals surface area contributed by atoms with Crippen molar-refractivity contribution in [2.75, 3.05) is 17.1 Å². The summed E-state index contributed by atoms with van der Waals surface area (Å²) in [5, 5.41) is 3.39. The zero-order chi connectivity index (χ0) is 30.2. The topological polar surface area (TPSA) is 96.0 Å². The minimum absolute atomic E-state index is 0.0401.